The summed E-state index contributed by atoms with van der Waals surface area (Å²) in [4.78, 5) is 12.3. The number of hydrogen-bond donors (Lipinski definition) is 0. The molecule has 0 saturated heterocycles. The first kappa shape index (κ1) is 30.3. The summed E-state index contributed by atoms with van der Waals surface area (Å²) >= 11 is 0. The molecule has 0 atom stereocenters. The maximum Gasteiger partial charge on any atom is 0.160 e. The van der Waals surface area contributed by atoms with Crippen LogP contribution in [-0.2, 0) is 0 Å². The molecule has 0 aliphatic carbocycles. The molecule has 2 aromatic heterocycles. The average molecular weight is 655 g/mol. The van der Waals surface area contributed by atoms with Gasteiger partial charge in [0.15, 0.2) is 5.82 Å². The van der Waals surface area contributed by atoms with Crippen molar-refractivity contribution >= 4 is 38.9 Å². The van der Waals surface area contributed by atoms with Crippen molar-refractivity contribution in [3.8, 4) is 39.6 Å². The summed E-state index contributed by atoms with van der Waals surface area (Å²) in [6.45, 7) is 2.13. The number of aromatic nitrogens is 3. The molecule has 0 aliphatic heterocycles. The van der Waals surface area contributed by atoms with E-state index in [2.05, 4.69) is 168 Å². The minimum atomic E-state index is 0.712. The molecule has 4 nitrogen and oxygen atoms in total. The Morgan fingerprint density at radius 2 is 0.941 bits per heavy atom. The van der Waals surface area contributed by atoms with Crippen molar-refractivity contribution in [2.45, 2.75) is 6.92 Å². The molecule has 0 bridgehead atoms. The first-order valence-corrected chi connectivity index (χ1v) is 17.3. The molecule has 2 heterocycles. The molecule has 0 aliphatic rings. The fourth-order valence-corrected chi connectivity index (χ4v) is 6.95. The maximum absolute atomic E-state index is 5.05. The van der Waals surface area contributed by atoms with Crippen LogP contribution in [0.25, 0.3) is 61.4 Å². The summed E-state index contributed by atoms with van der Waals surface area (Å²) in [6.07, 6.45) is 0. The van der Waals surface area contributed by atoms with E-state index in [0.29, 0.717) is 5.82 Å². The molecule has 0 amide bonds. The highest BCUT2D eigenvalue weighted by molar-refractivity contribution is 6.10. The first-order chi connectivity index (χ1) is 25.2. The first-order valence-electron chi connectivity index (χ1n) is 17.3. The van der Waals surface area contributed by atoms with Crippen LogP contribution in [0.3, 0.4) is 0 Å². The molecule has 242 valence electrons. The lowest BCUT2D eigenvalue weighted by atomic mass is 10.1. The topological polar surface area (TPSA) is 34.0 Å². The lowest BCUT2D eigenvalue weighted by Crippen LogP contribution is -2.09. The molecular weight excluding hydrogens is 621 g/mol. The zero-order valence-electron chi connectivity index (χ0n) is 28.2. The van der Waals surface area contributed by atoms with Gasteiger partial charge in [-0.2, -0.15) is 0 Å². The third-order valence-corrected chi connectivity index (χ3v) is 9.47. The van der Waals surface area contributed by atoms with Gasteiger partial charge in [0.25, 0.3) is 0 Å². The van der Waals surface area contributed by atoms with E-state index >= 15 is 0 Å². The van der Waals surface area contributed by atoms with Crippen LogP contribution in [0.15, 0.2) is 188 Å². The van der Waals surface area contributed by atoms with Gasteiger partial charge in [-0.25, -0.2) is 9.97 Å². The smallest absolute Gasteiger partial charge is 0.160 e. The second kappa shape index (κ2) is 12.9. The molecule has 51 heavy (non-hydrogen) atoms. The molecule has 0 fully saturated rings. The van der Waals surface area contributed by atoms with E-state index in [1.165, 1.54) is 21.9 Å². The number of nitrogens with zero attached hydrogens (tertiary/aromatic N) is 4. The van der Waals surface area contributed by atoms with Gasteiger partial charge >= 0.3 is 0 Å². The molecule has 9 aromatic rings. The van der Waals surface area contributed by atoms with Crippen molar-refractivity contribution in [2.24, 2.45) is 0 Å². The van der Waals surface area contributed by atoms with Gasteiger partial charge in [0, 0.05) is 50.2 Å². The SMILES string of the molecule is Cc1ccc(N(c2ccccc2)c2ccc3c(c2)c2ccccc2n3-c2ccc(-c3cc(-c4ccccc4)nc(-c4ccccc4)n3)cc2)cc1. The molecular formula is C47H34N4. The average Bonchev–Trinajstić information content (AvgIpc) is 3.53. The van der Waals surface area contributed by atoms with E-state index < -0.39 is 0 Å². The lowest BCUT2D eigenvalue weighted by molar-refractivity contribution is 1.17. The Morgan fingerprint density at radius 1 is 0.412 bits per heavy atom. The van der Waals surface area contributed by atoms with Crippen molar-refractivity contribution < 1.29 is 0 Å². The predicted molar refractivity (Wildman–Crippen MR) is 212 cm³/mol. The lowest BCUT2D eigenvalue weighted by Gasteiger charge is -2.25. The molecule has 7 aromatic carbocycles. The van der Waals surface area contributed by atoms with Crippen LogP contribution in [0.4, 0.5) is 17.1 Å². The van der Waals surface area contributed by atoms with Gasteiger partial charge in [-0.15, -0.1) is 0 Å². The van der Waals surface area contributed by atoms with Crippen LogP contribution in [0.2, 0.25) is 0 Å². The van der Waals surface area contributed by atoms with Crippen LogP contribution in [0, 0.1) is 6.92 Å². The number of aryl methyl sites for hydroxylation is 1. The highest BCUT2D eigenvalue weighted by atomic mass is 15.1. The quantitative estimate of drug-likeness (QED) is 0.171. The van der Waals surface area contributed by atoms with Crippen molar-refractivity contribution in [1.82, 2.24) is 14.5 Å². The maximum atomic E-state index is 5.05. The van der Waals surface area contributed by atoms with E-state index in [-0.39, 0.29) is 0 Å². The Balaban J connectivity index is 1.15. The Bertz CT molecular complexity index is 2550. The Kier molecular flexibility index (Phi) is 7.67. The summed E-state index contributed by atoms with van der Waals surface area (Å²) < 4.78 is 2.36. The number of benzene rings is 7. The largest absolute Gasteiger partial charge is 0.310 e. The molecule has 0 spiro atoms. The molecule has 0 radical (unpaired) electrons. The van der Waals surface area contributed by atoms with E-state index in [1.54, 1.807) is 0 Å². The van der Waals surface area contributed by atoms with Crippen LogP contribution in [0.1, 0.15) is 5.56 Å². The Labute approximate surface area is 297 Å². The van der Waals surface area contributed by atoms with Gasteiger partial charge < -0.3 is 9.47 Å². The molecule has 0 unspecified atom stereocenters. The highest BCUT2D eigenvalue weighted by Crippen LogP contribution is 2.40. The van der Waals surface area contributed by atoms with Gasteiger partial charge in [0.1, 0.15) is 0 Å². The Morgan fingerprint density at radius 3 is 1.63 bits per heavy atom. The van der Waals surface area contributed by atoms with E-state index in [1.807, 2.05) is 36.4 Å². The minimum Gasteiger partial charge on any atom is -0.310 e. The standard InChI is InChI=1S/C47H34N4/c1-33-21-25-38(26-22-33)50(37-17-9-4-10-18-37)40-29-30-46-42(31-40)41-19-11-12-20-45(41)51(46)39-27-23-35(24-28-39)44-32-43(34-13-5-2-6-14-34)48-47(49-44)36-15-7-3-8-16-36/h2-32H,1H3. The summed E-state index contributed by atoms with van der Waals surface area (Å²) in [6, 6.07) is 66.1. The molecule has 4 heteroatoms. The van der Waals surface area contributed by atoms with E-state index in [0.717, 1.165) is 56.3 Å². The monoisotopic (exact) mass is 654 g/mol. The summed E-state index contributed by atoms with van der Waals surface area (Å²) in [5.41, 5.74) is 12.9. The molecule has 0 saturated carbocycles. The number of anilines is 3. The number of rotatable bonds is 7. The van der Waals surface area contributed by atoms with Crippen molar-refractivity contribution in [2.75, 3.05) is 4.90 Å². The molecule has 0 N–H and O–H groups in total. The van der Waals surface area contributed by atoms with Crippen molar-refractivity contribution in [3.05, 3.63) is 194 Å². The third kappa shape index (κ3) is 5.73. The zero-order chi connectivity index (χ0) is 34.1. The summed E-state index contributed by atoms with van der Waals surface area (Å²) in [5, 5.41) is 2.42. The van der Waals surface area contributed by atoms with Crippen LogP contribution in [-0.4, -0.2) is 14.5 Å². The van der Waals surface area contributed by atoms with Gasteiger partial charge in [0.05, 0.1) is 22.4 Å². The van der Waals surface area contributed by atoms with E-state index in [9.17, 15) is 0 Å². The number of fused-ring (bicyclic) bond motifs is 3. The minimum absolute atomic E-state index is 0.712. The highest BCUT2D eigenvalue weighted by Gasteiger charge is 2.18. The second-order valence-electron chi connectivity index (χ2n) is 12.8. The van der Waals surface area contributed by atoms with Crippen molar-refractivity contribution in [1.29, 1.82) is 0 Å². The summed E-state index contributed by atoms with van der Waals surface area (Å²) in [5.74, 6) is 0.712. The van der Waals surface area contributed by atoms with Crippen molar-refractivity contribution in [3.63, 3.8) is 0 Å². The van der Waals surface area contributed by atoms with Crippen LogP contribution in [0.5, 0.6) is 0 Å². The van der Waals surface area contributed by atoms with Gasteiger partial charge in [-0.3, -0.25) is 0 Å². The van der Waals surface area contributed by atoms with E-state index in [4.69, 9.17) is 9.97 Å². The third-order valence-electron chi connectivity index (χ3n) is 9.47. The van der Waals surface area contributed by atoms with Gasteiger partial charge in [-0.05, 0) is 73.7 Å². The fourth-order valence-electron chi connectivity index (χ4n) is 6.95. The zero-order valence-corrected chi connectivity index (χ0v) is 28.2. The number of hydrogen-bond acceptors (Lipinski definition) is 3. The van der Waals surface area contributed by atoms with Crippen LogP contribution < -0.4 is 4.90 Å². The predicted octanol–water partition coefficient (Wildman–Crippen LogP) is 12.4. The van der Waals surface area contributed by atoms with Gasteiger partial charge in [-0.1, -0.05) is 127 Å². The molecule has 9 rings (SSSR count). The summed E-state index contributed by atoms with van der Waals surface area (Å²) in [7, 11) is 0. The van der Waals surface area contributed by atoms with Crippen LogP contribution >= 0.6 is 0 Å². The number of para-hydroxylation sites is 2. The second-order valence-corrected chi connectivity index (χ2v) is 12.8. The Hall–Kier alpha value is -6.78. The fraction of sp³-hybridized carbons (Fsp3) is 0.0213. The van der Waals surface area contributed by atoms with Gasteiger partial charge in [0.2, 0.25) is 0 Å². The normalized spacial score (nSPS) is 11.2.